The van der Waals surface area contributed by atoms with E-state index in [-0.39, 0.29) is 0 Å². The van der Waals surface area contributed by atoms with Crippen LogP contribution in [-0.2, 0) is 6.54 Å². The standard InChI is InChI=1S/C19H22BrN5/c1-14-4-2-3-5-15(14)12-24-10-8-16(9-11-24)23-19-17-6-7-18(20)25(17)22-13-21-19/h2-7,13,16H,8-12H2,1H3,(H,21,22,23). The van der Waals surface area contributed by atoms with Crippen LogP contribution in [0.25, 0.3) is 5.52 Å². The summed E-state index contributed by atoms with van der Waals surface area (Å²) in [6, 6.07) is 13.2. The van der Waals surface area contributed by atoms with Gasteiger partial charge < -0.3 is 5.32 Å². The van der Waals surface area contributed by atoms with Crippen molar-refractivity contribution >= 4 is 27.3 Å². The number of halogens is 1. The minimum atomic E-state index is 0.459. The second kappa shape index (κ2) is 7.14. The topological polar surface area (TPSA) is 45.5 Å². The molecule has 1 aromatic carbocycles. The zero-order valence-corrected chi connectivity index (χ0v) is 15.9. The maximum absolute atomic E-state index is 4.44. The second-order valence-corrected chi connectivity index (χ2v) is 7.50. The molecule has 0 aliphatic carbocycles. The normalized spacial score (nSPS) is 16.4. The van der Waals surface area contributed by atoms with Crippen LogP contribution in [-0.4, -0.2) is 38.6 Å². The molecule has 5 nitrogen and oxygen atoms in total. The molecule has 25 heavy (non-hydrogen) atoms. The predicted molar refractivity (Wildman–Crippen MR) is 104 cm³/mol. The zero-order valence-electron chi connectivity index (χ0n) is 14.3. The molecule has 2 aromatic heterocycles. The number of benzene rings is 1. The Morgan fingerprint density at radius 3 is 2.76 bits per heavy atom. The van der Waals surface area contributed by atoms with E-state index in [2.05, 4.69) is 67.4 Å². The van der Waals surface area contributed by atoms with Crippen molar-refractivity contribution < 1.29 is 0 Å². The lowest BCUT2D eigenvalue weighted by Crippen LogP contribution is -2.39. The Bertz CT molecular complexity index is 867. The molecule has 0 atom stereocenters. The van der Waals surface area contributed by atoms with Crippen molar-refractivity contribution in [2.75, 3.05) is 18.4 Å². The SMILES string of the molecule is Cc1ccccc1CN1CCC(Nc2ncnn3c(Br)ccc23)CC1. The maximum atomic E-state index is 4.44. The predicted octanol–water partition coefficient (Wildman–Crippen LogP) is 3.88. The molecule has 1 aliphatic rings. The first-order valence-corrected chi connectivity index (χ1v) is 9.51. The maximum Gasteiger partial charge on any atom is 0.154 e. The number of rotatable bonds is 4. The van der Waals surface area contributed by atoms with Crippen LogP contribution in [0.5, 0.6) is 0 Å². The molecule has 0 saturated carbocycles. The molecule has 3 heterocycles. The molecule has 1 fully saturated rings. The number of nitrogens with zero attached hydrogens (tertiary/aromatic N) is 4. The van der Waals surface area contributed by atoms with Crippen LogP contribution < -0.4 is 5.32 Å². The van der Waals surface area contributed by atoms with Crippen LogP contribution >= 0.6 is 15.9 Å². The van der Waals surface area contributed by atoms with Gasteiger partial charge in [0, 0.05) is 25.7 Å². The van der Waals surface area contributed by atoms with Gasteiger partial charge in [0.25, 0.3) is 0 Å². The Morgan fingerprint density at radius 2 is 1.96 bits per heavy atom. The quantitative estimate of drug-likeness (QED) is 0.722. The molecular formula is C19H22BrN5. The minimum absolute atomic E-state index is 0.459. The number of likely N-dealkylation sites (tertiary alicyclic amines) is 1. The molecule has 0 spiro atoms. The van der Waals surface area contributed by atoms with Crippen molar-refractivity contribution in [3.8, 4) is 0 Å². The van der Waals surface area contributed by atoms with E-state index in [0.29, 0.717) is 6.04 Å². The van der Waals surface area contributed by atoms with Gasteiger partial charge in [-0.3, -0.25) is 4.90 Å². The lowest BCUT2D eigenvalue weighted by atomic mass is 10.0. The first-order valence-electron chi connectivity index (χ1n) is 8.72. The van der Waals surface area contributed by atoms with E-state index in [9.17, 15) is 0 Å². The van der Waals surface area contributed by atoms with Gasteiger partial charge in [0.05, 0.1) is 0 Å². The summed E-state index contributed by atoms with van der Waals surface area (Å²) in [6.07, 6.45) is 3.86. The molecule has 0 radical (unpaired) electrons. The number of nitrogens with one attached hydrogen (secondary N) is 1. The molecule has 0 bridgehead atoms. The summed E-state index contributed by atoms with van der Waals surface area (Å²) < 4.78 is 2.81. The van der Waals surface area contributed by atoms with Crippen molar-refractivity contribution in [3.63, 3.8) is 0 Å². The third kappa shape index (κ3) is 3.55. The Kier molecular flexibility index (Phi) is 4.72. The van der Waals surface area contributed by atoms with Crippen molar-refractivity contribution in [1.82, 2.24) is 19.5 Å². The Balaban J connectivity index is 1.38. The summed E-state index contributed by atoms with van der Waals surface area (Å²) in [4.78, 5) is 6.98. The third-order valence-electron chi connectivity index (χ3n) is 4.99. The van der Waals surface area contributed by atoms with E-state index in [1.807, 2.05) is 16.6 Å². The number of fused-ring (bicyclic) bond motifs is 1. The van der Waals surface area contributed by atoms with Crippen molar-refractivity contribution in [2.45, 2.75) is 32.4 Å². The fourth-order valence-electron chi connectivity index (χ4n) is 3.47. The Hall–Kier alpha value is -1.92. The van der Waals surface area contributed by atoms with Gasteiger partial charge in [0.15, 0.2) is 5.82 Å². The molecule has 6 heteroatoms. The van der Waals surface area contributed by atoms with Crippen LogP contribution in [0.15, 0.2) is 47.3 Å². The van der Waals surface area contributed by atoms with Gasteiger partial charge >= 0.3 is 0 Å². The number of anilines is 1. The fourth-order valence-corrected chi connectivity index (χ4v) is 3.89. The average molecular weight is 400 g/mol. The van der Waals surface area contributed by atoms with Gasteiger partial charge in [0.2, 0.25) is 0 Å². The molecular weight excluding hydrogens is 378 g/mol. The van der Waals surface area contributed by atoms with Crippen LogP contribution in [0.3, 0.4) is 0 Å². The molecule has 0 unspecified atom stereocenters. The number of aryl methyl sites for hydroxylation is 1. The third-order valence-corrected chi connectivity index (χ3v) is 5.59. The fraction of sp³-hybridized carbons (Fsp3) is 0.368. The lowest BCUT2D eigenvalue weighted by molar-refractivity contribution is 0.211. The van der Waals surface area contributed by atoms with Crippen molar-refractivity contribution in [3.05, 3.63) is 58.5 Å². The summed E-state index contributed by atoms with van der Waals surface area (Å²) in [5.41, 5.74) is 3.83. The van der Waals surface area contributed by atoms with Crippen LogP contribution in [0.2, 0.25) is 0 Å². The molecule has 130 valence electrons. The number of hydrogen-bond acceptors (Lipinski definition) is 4. The second-order valence-electron chi connectivity index (χ2n) is 6.68. The minimum Gasteiger partial charge on any atom is -0.365 e. The van der Waals surface area contributed by atoms with E-state index in [1.165, 1.54) is 11.1 Å². The van der Waals surface area contributed by atoms with E-state index < -0.39 is 0 Å². The Morgan fingerprint density at radius 1 is 1.16 bits per heavy atom. The summed E-state index contributed by atoms with van der Waals surface area (Å²) in [6.45, 7) is 5.46. The molecule has 0 amide bonds. The van der Waals surface area contributed by atoms with Gasteiger partial charge in [-0.1, -0.05) is 24.3 Å². The largest absolute Gasteiger partial charge is 0.365 e. The molecule has 3 aromatic rings. The van der Waals surface area contributed by atoms with Crippen molar-refractivity contribution in [2.24, 2.45) is 0 Å². The van der Waals surface area contributed by atoms with Gasteiger partial charge in [-0.2, -0.15) is 5.10 Å². The highest BCUT2D eigenvalue weighted by molar-refractivity contribution is 9.10. The van der Waals surface area contributed by atoms with Gasteiger partial charge in [0.1, 0.15) is 16.4 Å². The highest BCUT2D eigenvalue weighted by atomic mass is 79.9. The number of aromatic nitrogens is 3. The molecule has 1 aliphatic heterocycles. The summed E-state index contributed by atoms with van der Waals surface area (Å²) in [5.74, 6) is 0.915. The summed E-state index contributed by atoms with van der Waals surface area (Å²) in [7, 11) is 0. The van der Waals surface area contributed by atoms with Crippen LogP contribution in [0, 0.1) is 6.92 Å². The molecule has 1 saturated heterocycles. The summed E-state index contributed by atoms with van der Waals surface area (Å²) in [5, 5.41) is 7.89. The van der Waals surface area contributed by atoms with E-state index in [0.717, 1.165) is 48.4 Å². The highest BCUT2D eigenvalue weighted by Crippen LogP contribution is 2.23. The average Bonchev–Trinajstić information content (AvgIpc) is 3.01. The van der Waals surface area contributed by atoms with E-state index >= 15 is 0 Å². The lowest BCUT2D eigenvalue weighted by Gasteiger charge is -2.33. The van der Waals surface area contributed by atoms with Gasteiger partial charge in [-0.05, 0) is 59.0 Å². The molecule has 4 rings (SSSR count). The van der Waals surface area contributed by atoms with Gasteiger partial charge in [-0.15, -0.1) is 0 Å². The summed E-state index contributed by atoms with van der Waals surface area (Å²) >= 11 is 3.51. The number of piperidine rings is 1. The van der Waals surface area contributed by atoms with E-state index in [4.69, 9.17) is 0 Å². The zero-order chi connectivity index (χ0) is 17.2. The number of hydrogen-bond donors (Lipinski definition) is 1. The van der Waals surface area contributed by atoms with E-state index in [1.54, 1.807) is 6.33 Å². The highest BCUT2D eigenvalue weighted by Gasteiger charge is 2.20. The monoisotopic (exact) mass is 399 g/mol. The van der Waals surface area contributed by atoms with Gasteiger partial charge in [-0.25, -0.2) is 9.50 Å². The molecule has 1 N–H and O–H groups in total. The Labute approximate surface area is 156 Å². The van der Waals surface area contributed by atoms with Crippen molar-refractivity contribution in [1.29, 1.82) is 0 Å². The smallest absolute Gasteiger partial charge is 0.154 e. The van der Waals surface area contributed by atoms with Crippen LogP contribution in [0.1, 0.15) is 24.0 Å². The first kappa shape index (κ1) is 16.5. The first-order chi connectivity index (χ1) is 12.2. The van der Waals surface area contributed by atoms with Crippen LogP contribution in [0.4, 0.5) is 5.82 Å².